The van der Waals surface area contributed by atoms with Gasteiger partial charge in [0, 0.05) is 36.0 Å². The fraction of sp³-hybridized carbons (Fsp3) is 0.824. The molecule has 1 saturated heterocycles. The lowest BCUT2D eigenvalue weighted by molar-refractivity contribution is 0.113. The predicted octanol–water partition coefficient (Wildman–Crippen LogP) is 3.79. The number of hydrogen-bond acceptors (Lipinski definition) is 4. The Balaban J connectivity index is 2.05. The first-order valence-corrected chi connectivity index (χ1v) is 9.24. The predicted molar refractivity (Wildman–Crippen MR) is 92.0 cm³/mol. The fourth-order valence-electron chi connectivity index (χ4n) is 2.92. The van der Waals surface area contributed by atoms with Crippen molar-refractivity contribution in [1.29, 1.82) is 0 Å². The summed E-state index contributed by atoms with van der Waals surface area (Å²) in [4.78, 5) is 7.53. The summed E-state index contributed by atoms with van der Waals surface area (Å²) in [5.74, 6) is 0. The van der Waals surface area contributed by atoms with Crippen molar-refractivity contribution in [3.8, 4) is 0 Å². The van der Waals surface area contributed by atoms with Crippen LogP contribution in [-0.2, 0) is 12.0 Å². The topological polar surface area (TPSA) is 28.2 Å². The van der Waals surface area contributed by atoms with E-state index in [-0.39, 0.29) is 5.41 Å². The second kappa shape index (κ2) is 7.21. The van der Waals surface area contributed by atoms with Gasteiger partial charge in [0.1, 0.15) is 5.01 Å². The van der Waals surface area contributed by atoms with E-state index in [1.807, 2.05) is 11.3 Å². The van der Waals surface area contributed by atoms with Gasteiger partial charge in [0.15, 0.2) is 0 Å². The van der Waals surface area contributed by atoms with Gasteiger partial charge in [0.05, 0.1) is 12.2 Å². The lowest BCUT2D eigenvalue weighted by atomic mass is 9.93. The molecule has 0 amide bonds. The molecule has 21 heavy (non-hydrogen) atoms. The van der Waals surface area contributed by atoms with Crippen LogP contribution in [0.15, 0.2) is 5.38 Å². The van der Waals surface area contributed by atoms with Gasteiger partial charge in [0.25, 0.3) is 0 Å². The van der Waals surface area contributed by atoms with Crippen molar-refractivity contribution in [3.63, 3.8) is 0 Å². The monoisotopic (exact) mass is 309 g/mol. The quantitative estimate of drug-likeness (QED) is 0.897. The molecule has 2 heterocycles. The smallest absolute Gasteiger partial charge is 0.107 e. The van der Waals surface area contributed by atoms with Crippen molar-refractivity contribution in [2.45, 2.75) is 77.9 Å². The van der Waals surface area contributed by atoms with Gasteiger partial charge in [-0.15, -0.1) is 11.3 Å². The number of nitrogens with zero attached hydrogens (tertiary/aromatic N) is 2. The number of piperazine rings is 1. The first-order chi connectivity index (χ1) is 9.94. The normalized spacial score (nSPS) is 24.4. The van der Waals surface area contributed by atoms with Crippen LogP contribution in [0, 0.1) is 0 Å². The Hall–Kier alpha value is -0.450. The van der Waals surface area contributed by atoms with Crippen LogP contribution in [0.3, 0.4) is 0 Å². The summed E-state index contributed by atoms with van der Waals surface area (Å²) in [6.07, 6.45) is 3.74. The Labute approximate surface area is 134 Å². The van der Waals surface area contributed by atoms with Gasteiger partial charge >= 0.3 is 0 Å². The van der Waals surface area contributed by atoms with Crippen LogP contribution in [0.5, 0.6) is 0 Å². The maximum Gasteiger partial charge on any atom is 0.107 e. The van der Waals surface area contributed by atoms with E-state index in [9.17, 15) is 0 Å². The molecule has 0 aromatic carbocycles. The second-order valence-corrected chi connectivity index (χ2v) is 8.20. The standard InChI is InChI=1S/C17H31N3S/c1-6-8-14-9-18-13(7-2)10-20(14)11-16-19-15(12-21-16)17(3,4)5/h12-14,18H,6-11H2,1-5H3. The van der Waals surface area contributed by atoms with Crippen LogP contribution in [0.1, 0.15) is 64.6 Å². The Kier molecular flexibility index (Phi) is 5.81. The molecule has 120 valence electrons. The van der Waals surface area contributed by atoms with E-state index in [0.717, 1.165) is 19.6 Å². The Bertz CT molecular complexity index is 435. The summed E-state index contributed by atoms with van der Waals surface area (Å²) in [5, 5.41) is 7.21. The van der Waals surface area contributed by atoms with Crippen LogP contribution >= 0.6 is 11.3 Å². The molecule has 3 nitrogen and oxygen atoms in total. The molecule has 2 atom stereocenters. The van der Waals surface area contributed by atoms with Gasteiger partial charge in [-0.25, -0.2) is 4.98 Å². The van der Waals surface area contributed by atoms with Gasteiger partial charge < -0.3 is 5.32 Å². The van der Waals surface area contributed by atoms with E-state index >= 15 is 0 Å². The number of thiazole rings is 1. The molecule has 0 radical (unpaired) electrons. The number of hydrogen-bond donors (Lipinski definition) is 1. The Morgan fingerprint density at radius 2 is 2.14 bits per heavy atom. The largest absolute Gasteiger partial charge is 0.311 e. The van der Waals surface area contributed by atoms with Crippen LogP contribution < -0.4 is 5.32 Å². The third kappa shape index (κ3) is 4.51. The lowest BCUT2D eigenvalue weighted by Crippen LogP contribution is -2.55. The van der Waals surface area contributed by atoms with E-state index in [0.29, 0.717) is 12.1 Å². The number of rotatable bonds is 5. The minimum absolute atomic E-state index is 0.160. The molecule has 2 rings (SSSR count). The highest BCUT2D eigenvalue weighted by Crippen LogP contribution is 2.25. The van der Waals surface area contributed by atoms with E-state index in [2.05, 4.69) is 50.2 Å². The number of nitrogens with one attached hydrogen (secondary N) is 1. The molecule has 1 aromatic heterocycles. The van der Waals surface area contributed by atoms with E-state index < -0.39 is 0 Å². The van der Waals surface area contributed by atoms with Crippen molar-refractivity contribution in [3.05, 3.63) is 16.1 Å². The van der Waals surface area contributed by atoms with E-state index in [1.165, 1.54) is 30.0 Å². The van der Waals surface area contributed by atoms with Crippen LogP contribution in [0.2, 0.25) is 0 Å². The number of aromatic nitrogens is 1. The van der Waals surface area contributed by atoms with Crippen molar-refractivity contribution in [1.82, 2.24) is 15.2 Å². The first-order valence-electron chi connectivity index (χ1n) is 8.36. The van der Waals surface area contributed by atoms with E-state index in [4.69, 9.17) is 4.98 Å². The highest BCUT2D eigenvalue weighted by Gasteiger charge is 2.27. The molecular weight excluding hydrogens is 278 g/mol. The summed E-state index contributed by atoms with van der Waals surface area (Å²) in [5.41, 5.74) is 1.39. The zero-order valence-corrected chi connectivity index (χ0v) is 15.1. The zero-order valence-electron chi connectivity index (χ0n) is 14.3. The Morgan fingerprint density at radius 1 is 1.38 bits per heavy atom. The SMILES string of the molecule is CCCC1CNC(CC)CN1Cc1nc(C(C)(C)C)cs1. The molecule has 1 aliphatic heterocycles. The van der Waals surface area contributed by atoms with Crippen molar-refractivity contribution >= 4 is 11.3 Å². The molecule has 4 heteroatoms. The average Bonchev–Trinajstić information content (AvgIpc) is 2.89. The maximum absolute atomic E-state index is 4.88. The van der Waals surface area contributed by atoms with Crippen LogP contribution in [0.25, 0.3) is 0 Å². The first kappa shape index (κ1) is 16.9. The van der Waals surface area contributed by atoms with Crippen molar-refractivity contribution in [2.75, 3.05) is 13.1 Å². The molecule has 0 spiro atoms. The molecular formula is C17H31N3S. The minimum Gasteiger partial charge on any atom is -0.311 e. The summed E-state index contributed by atoms with van der Waals surface area (Å²) < 4.78 is 0. The fourth-order valence-corrected chi connectivity index (χ4v) is 3.96. The highest BCUT2D eigenvalue weighted by molar-refractivity contribution is 7.09. The molecule has 0 bridgehead atoms. The van der Waals surface area contributed by atoms with Crippen LogP contribution in [-0.4, -0.2) is 35.1 Å². The summed E-state index contributed by atoms with van der Waals surface area (Å²) in [6.45, 7) is 14.6. The molecule has 0 saturated carbocycles. The third-order valence-corrected chi connectivity index (χ3v) is 5.22. The molecule has 0 aliphatic carbocycles. The van der Waals surface area contributed by atoms with E-state index in [1.54, 1.807) is 0 Å². The van der Waals surface area contributed by atoms with Crippen LogP contribution in [0.4, 0.5) is 0 Å². The average molecular weight is 310 g/mol. The summed E-state index contributed by atoms with van der Waals surface area (Å²) in [7, 11) is 0. The van der Waals surface area contributed by atoms with Gasteiger partial charge in [-0.05, 0) is 12.8 Å². The lowest BCUT2D eigenvalue weighted by Gasteiger charge is -2.40. The molecule has 1 fully saturated rings. The van der Waals surface area contributed by atoms with Gasteiger partial charge in [-0.3, -0.25) is 4.90 Å². The third-order valence-electron chi connectivity index (χ3n) is 4.39. The van der Waals surface area contributed by atoms with Crippen molar-refractivity contribution in [2.24, 2.45) is 0 Å². The van der Waals surface area contributed by atoms with Crippen molar-refractivity contribution < 1.29 is 0 Å². The minimum atomic E-state index is 0.160. The van der Waals surface area contributed by atoms with Gasteiger partial charge in [-0.1, -0.05) is 41.0 Å². The maximum atomic E-state index is 4.88. The molecule has 2 unspecified atom stereocenters. The van der Waals surface area contributed by atoms with Gasteiger partial charge in [0.2, 0.25) is 0 Å². The highest BCUT2D eigenvalue weighted by atomic mass is 32.1. The zero-order chi connectivity index (χ0) is 15.5. The van der Waals surface area contributed by atoms with Gasteiger partial charge in [-0.2, -0.15) is 0 Å². The summed E-state index contributed by atoms with van der Waals surface area (Å²) >= 11 is 1.83. The molecule has 1 N–H and O–H groups in total. The molecule has 1 aliphatic rings. The molecule has 1 aromatic rings. The Morgan fingerprint density at radius 3 is 2.71 bits per heavy atom. The second-order valence-electron chi connectivity index (χ2n) is 7.26. The summed E-state index contributed by atoms with van der Waals surface area (Å²) in [6, 6.07) is 1.31.